The molecule has 32 heavy (non-hydrogen) atoms. The molecule has 168 valence electrons. The third kappa shape index (κ3) is 4.18. The standard InChI is InChI=1S/C23H27N5O4/c1-14-6-7-19-26-21-18(23(30)28(19)13-14)10-17(22(29)25-12-16-5-3-9-32-16)20(27-21)24-11-15-4-2-8-31-15/h6-7,10,13,15-16H,2-5,8-9,11-12H2,1H3,(H,24,27)(H,25,29)/t15-,16+/m0/s1. The highest BCUT2D eigenvalue weighted by atomic mass is 16.5. The monoisotopic (exact) mass is 437 g/mol. The smallest absolute Gasteiger partial charge is 0.267 e. The molecule has 1 amide bonds. The maximum Gasteiger partial charge on any atom is 0.267 e. The first kappa shape index (κ1) is 20.8. The predicted molar refractivity (Wildman–Crippen MR) is 120 cm³/mol. The second-order valence-electron chi connectivity index (χ2n) is 8.47. The van der Waals surface area contributed by atoms with E-state index in [4.69, 9.17) is 9.47 Å². The van der Waals surface area contributed by atoms with Crippen LogP contribution in [0.3, 0.4) is 0 Å². The van der Waals surface area contributed by atoms with Gasteiger partial charge in [0.05, 0.1) is 23.2 Å². The van der Waals surface area contributed by atoms with Crippen molar-refractivity contribution >= 4 is 28.4 Å². The fourth-order valence-electron chi connectivity index (χ4n) is 4.27. The zero-order valence-corrected chi connectivity index (χ0v) is 18.1. The molecule has 5 rings (SSSR count). The number of amides is 1. The number of hydrogen-bond donors (Lipinski definition) is 2. The molecule has 0 aromatic carbocycles. The van der Waals surface area contributed by atoms with Crippen molar-refractivity contribution in [3.8, 4) is 0 Å². The van der Waals surface area contributed by atoms with Gasteiger partial charge in [0, 0.05) is 32.5 Å². The Kier molecular flexibility index (Phi) is 5.75. The first-order valence-electron chi connectivity index (χ1n) is 11.2. The molecule has 3 aromatic rings. The van der Waals surface area contributed by atoms with E-state index in [1.54, 1.807) is 18.3 Å². The number of aryl methyl sites for hydroxylation is 1. The Labute approximate surface area is 185 Å². The number of nitrogens with zero attached hydrogens (tertiary/aromatic N) is 3. The van der Waals surface area contributed by atoms with Gasteiger partial charge in [-0.15, -0.1) is 0 Å². The summed E-state index contributed by atoms with van der Waals surface area (Å²) < 4.78 is 12.8. The van der Waals surface area contributed by atoms with Crippen LogP contribution in [0.4, 0.5) is 5.82 Å². The molecule has 2 N–H and O–H groups in total. The number of carbonyl (C=O) groups excluding carboxylic acids is 1. The summed E-state index contributed by atoms with van der Waals surface area (Å²) in [6.45, 7) is 4.35. The topological polar surface area (TPSA) is 107 Å². The van der Waals surface area contributed by atoms with E-state index in [1.165, 1.54) is 4.40 Å². The molecular weight excluding hydrogens is 410 g/mol. The molecule has 3 aromatic heterocycles. The number of aromatic nitrogens is 3. The summed E-state index contributed by atoms with van der Waals surface area (Å²) in [5.41, 5.74) is 1.84. The van der Waals surface area contributed by atoms with Gasteiger partial charge in [-0.2, -0.15) is 0 Å². The molecule has 2 aliphatic heterocycles. The van der Waals surface area contributed by atoms with Crippen LogP contribution >= 0.6 is 0 Å². The molecule has 2 fully saturated rings. The Hall–Kier alpha value is -3.04. The van der Waals surface area contributed by atoms with Crippen molar-refractivity contribution in [3.63, 3.8) is 0 Å². The van der Waals surface area contributed by atoms with E-state index >= 15 is 0 Å². The predicted octanol–water partition coefficient (Wildman–Crippen LogP) is 2.05. The van der Waals surface area contributed by atoms with E-state index < -0.39 is 0 Å². The number of nitrogens with one attached hydrogen (secondary N) is 2. The van der Waals surface area contributed by atoms with Crippen molar-refractivity contribution in [1.82, 2.24) is 19.7 Å². The largest absolute Gasteiger partial charge is 0.376 e. The quantitative estimate of drug-likeness (QED) is 0.569. The molecule has 0 bridgehead atoms. The lowest BCUT2D eigenvalue weighted by Gasteiger charge is -2.16. The molecule has 2 aliphatic rings. The fraction of sp³-hybridized carbons (Fsp3) is 0.478. The van der Waals surface area contributed by atoms with Crippen LogP contribution in [0.1, 0.15) is 41.6 Å². The average molecular weight is 438 g/mol. The van der Waals surface area contributed by atoms with Gasteiger partial charge < -0.3 is 20.1 Å². The van der Waals surface area contributed by atoms with Gasteiger partial charge in [0.15, 0.2) is 5.65 Å². The van der Waals surface area contributed by atoms with Gasteiger partial charge in [0.25, 0.3) is 11.5 Å². The van der Waals surface area contributed by atoms with Gasteiger partial charge in [-0.3, -0.25) is 14.0 Å². The fourth-order valence-corrected chi connectivity index (χ4v) is 4.27. The molecule has 0 radical (unpaired) electrons. The lowest BCUT2D eigenvalue weighted by atomic mass is 10.1. The Balaban J connectivity index is 1.52. The SMILES string of the molecule is Cc1ccc2nc3nc(NC[C@@H]4CCCO4)c(C(=O)NC[C@H]4CCCO4)cc3c(=O)n2c1. The number of hydrogen-bond acceptors (Lipinski definition) is 7. The van der Waals surface area contributed by atoms with E-state index in [-0.39, 0.29) is 23.7 Å². The highest BCUT2D eigenvalue weighted by Crippen LogP contribution is 2.21. The lowest BCUT2D eigenvalue weighted by Crippen LogP contribution is -2.33. The Morgan fingerprint density at radius 1 is 1.12 bits per heavy atom. The molecule has 0 unspecified atom stereocenters. The molecule has 0 saturated carbocycles. The minimum atomic E-state index is -0.293. The molecular formula is C23H27N5O4. The number of ether oxygens (including phenoxy) is 2. The second-order valence-corrected chi connectivity index (χ2v) is 8.47. The molecule has 2 saturated heterocycles. The van der Waals surface area contributed by atoms with E-state index in [0.29, 0.717) is 41.2 Å². The van der Waals surface area contributed by atoms with E-state index in [2.05, 4.69) is 20.6 Å². The van der Waals surface area contributed by atoms with Gasteiger partial charge in [-0.05, 0) is 50.3 Å². The van der Waals surface area contributed by atoms with Gasteiger partial charge in [-0.25, -0.2) is 9.97 Å². The summed E-state index contributed by atoms with van der Waals surface area (Å²) in [5.74, 6) is 0.111. The van der Waals surface area contributed by atoms with Crippen LogP contribution in [0.2, 0.25) is 0 Å². The maximum absolute atomic E-state index is 13.2. The van der Waals surface area contributed by atoms with E-state index in [1.807, 2.05) is 13.0 Å². The van der Waals surface area contributed by atoms with Crippen LogP contribution in [-0.2, 0) is 9.47 Å². The molecule has 9 heteroatoms. The van der Waals surface area contributed by atoms with Crippen LogP contribution in [0.15, 0.2) is 29.2 Å². The number of rotatable bonds is 6. The first-order valence-corrected chi connectivity index (χ1v) is 11.2. The van der Waals surface area contributed by atoms with Crippen LogP contribution in [0.5, 0.6) is 0 Å². The number of pyridine rings is 2. The van der Waals surface area contributed by atoms with Crippen LogP contribution in [0.25, 0.3) is 16.7 Å². The summed E-state index contributed by atoms with van der Waals surface area (Å²) >= 11 is 0. The normalized spacial score (nSPS) is 20.8. The summed E-state index contributed by atoms with van der Waals surface area (Å²) in [6, 6.07) is 5.28. The third-order valence-electron chi connectivity index (χ3n) is 6.03. The van der Waals surface area contributed by atoms with Crippen LogP contribution in [0, 0.1) is 6.92 Å². The van der Waals surface area contributed by atoms with E-state index in [0.717, 1.165) is 44.5 Å². The number of fused-ring (bicyclic) bond motifs is 2. The third-order valence-corrected chi connectivity index (χ3v) is 6.03. The molecule has 5 heterocycles. The van der Waals surface area contributed by atoms with Crippen molar-refractivity contribution in [1.29, 1.82) is 0 Å². The van der Waals surface area contributed by atoms with Gasteiger partial charge in [0.1, 0.15) is 11.5 Å². The highest BCUT2D eigenvalue weighted by molar-refractivity contribution is 6.01. The van der Waals surface area contributed by atoms with Crippen LogP contribution < -0.4 is 16.2 Å². The summed E-state index contributed by atoms with van der Waals surface area (Å²) in [4.78, 5) is 35.4. The Morgan fingerprint density at radius 3 is 2.59 bits per heavy atom. The minimum Gasteiger partial charge on any atom is -0.376 e. The first-order chi connectivity index (χ1) is 15.6. The molecule has 0 aliphatic carbocycles. The summed E-state index contributed by atoms with van der Waals surface area (Å²) in [6.07, 6.45) is 5.76. The van der Waals surface area contributed by atoms with Crippen molar-refractivity contribution in [2.24, 2.45) is 0 Å². The Morgan fingerprint density at radius 2 is 1.88 bits per heavy atom. The van der Waals surface area contributed by atoms with Crippen LogP contribution in [-0.4, -0.2) is 58.8 Å². The zero-order valence-electron chi connectivity index (χ0n) is 18.1. The van der Waals surface area contributed by atoms with Crippen molar-refractivity contribution in [3.05, 3.63) is 45.9 Å². The molecule has 2 atom stereocenters. The average Bonchev–Trinajstić information content (AvgIpc) is 3.50. The zero-order chi connectivity index (χ0) is 22.1. The lowest BCUT2D eigenvalue weighted by molar-refractivity contribution is 0.0858. The molecule has 0 spiro atoms. The number of carbonyl (C=O) groups is 1. The van der Waals surface area contributed by atoms with Crippen molar-refractivity contribution in [2.45, 2.75) is 44.8 Å². The summed E-state index contributed by atoms with van der Waals surface area (Å²) in [5, 5.41) is 6.49. The van der Waals surface area contributed by atoms with Gasteiger partial charge in [0.2, 0.25) is 0 Å². The minimum absolute atomic E-state index is 0.0230. The van der Waals surface area contributed by atoms with Gasteiger partial charge >= 0.3 is 0 Å². The second kappa shape index (κ2) is 8.84. The summed E-state index contributed by atoms with van der Waals surface area (Å²) in [7, 11) is 0. The number of anilines is 1. The highest BCUT2D eigenvalue weighted by Gasteiger charge is 2.22. The van der Waals surface area contributed by atoms with Crippen molar-refractivity contribution < 1.29 is 14.3 Å². The van der Waals surface area contributed by atoms with Gasteiger partial charge in [-0.1, -0.05) is 6.07 Å². The molecule has 9 nitrogen and oxygen atoms in total. The van der Waals surface area contributed by atoms with E-state index in [9.17, 15) is 9.59 Å². The van der Waals surface area contributed by atoms with Crippen molar-refractivity contribution in [2.75, 3.05) is 31.6 Å². The Bertz CT molecular complexity index is 1210. The maximum atomic E-state index is 13.2.